The van der Waals surface area contributed by atoms with Gasteiger partial charge in [-0.3, -0.25) is 0 Å². The molecule has 0 aromatic heterocycles. The van der Waals surface area contributed by atoms with Crippen LogP contribution in [0.5, 0.6) is 0 Å². The van der Waals surface area contributed by atoms with Crippen molar-refractivity contribution in [3.63, 3.8) is 0 Å². The maximum Gasteiger partial charge on any atom is 0.104 e. The Morgan fingerprint density at radius 3 is 2.11 bits per heavy atom. The first kappa shape index (κ1) is 8.40. The van der Waals surface area contributed by atoms with Crippen LogP contribution in [-0.2, 0) is 0 Å². The summed E-state index contributed by atoms with van der Waals surface area (Å²) in [5.74, 6) is 0. The second kappa shape index (κ2) is 3.43. The lowest BCUT2D eigenvalue weighted by Gasteiger charge is -2.12. The van der Waals surface area contributed by atoms with Gasteiger partial charge in [0, 0.05) is 0 Å². The van der Waals surface area contributed by atoms with Crippen LogP contribution in [0, 0.1) is 0 Å². The van der Waals surface area contributed by atoms with Crippen LogP contribution >= 0.6 is 0 Å². The monoisotopic (exact) mass is 128 g/mol. The predicted molar refractivity (Wildman–Crippen MR) is 37.0 cm³/mol. The first-order valence-electron chi connectivity index (χ1n) is 2.73. The van der Waals surface area contributed by atoms with Gasteiger partial charge in [0.25, 0.3) is 0 Å². The van der Waals surface area contributed by atoms with Crippen LogP contribution in [0.15, 0.2) is 24.8 Å². The Morgan fingerprint density at radius 2 is 2.00 bits per heavy atom. The second-order valence-electron chi connectivity index (χ2n) is 2.02. The van der Waals surface area contributed by atoms with Gasteiger partial charge in [0.15, 0.2) is 0 Å². The zero-order valence-corrected chi connectivity index (χ0v) is 5.54. The average molecular weight is 128 g/mol. The largest absolute Gasteiger partial charge is 0.386 e. The normalized spacial score (nSPS) is 16.3. The quantitative estimate of drug-likeness (QED) is 0.542. The molecule has 0 saturated heterocycles. The molecule has 0 unspecified atom stereocenters. The highest BCUT2D eigenvalue weighted by Crippen LogP contribution is 2.03. The first-order valence-corrected chi connectivity index (χ1v) is 2.73. The van der Waals surface area contributed by atoms with Crippen LogP contribution in [0.25, 0.3) is 0 Å². The molecule has 0 fully saturated rings. The second-order valence-corrected chi connectivity index (χ2v) is 2.02. The van der Waals surface area contributed by atoms with E-state index in [0.717, 1.165) is 0 Å². The predicted octanol–water partition coefficient (Wildman–Crippen LogP) is 0.470. The fourth-order valence-corrected chi connectivity index (χ4v) is 0.420. The first-order chi connectivity index (χ1) is 4.09. The molecule has 2 atom stereocenters. The zero-order chi connectivity index (χ0) is 7.44. The summed E-state index contributed by atoms with van der Waals surface area (Å²) in [6, 6.07) is 0. The summed E-state index contributed by atoms with van der Waals surface area (Å²) in [6.45, 7) is 8.43. The van der Waals surface area contributed by atoms with Gasteiger partial charge >= 0.3 is 0 Å². The Morgan fingerprint density at radius 1 is 1.56 bits per heavy atom. The highest BCUT2D eigenvalue weighted by molar-refractivity contribution is 5.04. The van der Waals surface area contributed by atoms with Gasteiger partial charge in [-0.2, -0.15) is 0 Å². The highest BCUT2D eigenvalue weighted by Gasteiger charge is 2.11. The van der Waals surface area contributed by atoms with Crippen molar-refractivity contribution >= 4 is 0 Å². The number of aliphatic hydroxyl groups excluding tert-OH is 2. The maximum absolute atomic E-state index is 8.97. The minimum Gasteiger partial charge on any atom is -0.386 e. The fraction of sp³-hybridized carbons (Fsp3) is 0.429. The third kappa shape index (κ3) is 2.44. The van der Waals surface area contributed by atoms with Gasteiger partial charge in [0.05, 0.1) is 0 Å². The molecule has 0 aromatic carbocycles. The van der Waals surface area contributed by atoms with E-state index in [2.05, 4.69) is 13.2 Å². The standard InChI is InChI=1S/C7H12O2/c1-4-6(8)7(9)5(2)3/h4,6-9H,1-2H2,3H3/t6-,7-/m0/s1. The molecule has 0 aliphatic rings. The molecule has 0 rings (SSSR count). The number of rotatable bonds is 3. The Balaban J connectivity index is 3.86. The summed E-state index contributed by atoms with van der Waals surface area (Å²) in [5.41, 5.74) is 0.544. The Hall–Kier alpha value is -0.600. The molecule has 2 N–H and O–H groups in total. The lowest BCUT2D eigenvalue weighted by atomic mass is 10.1. The van der Waals surface area contributed by atoms with Crippen molar-refractivity contribution in [2.75, 3.05) is 0 Å². The van der Waals surface area contributed by atoms with Crippen molar-refractivity contribution in [1.29, 1.82) is 0 Å². The molecule has 2 nitrogen and oxygen atoms in total. The summed E-state index contributed by atoms with van der Waals surface area (Å²) < 4.78 is 0. The molecule has 0 spiro atoms. The van der Waals surface area contributed by atoms with E-state index in [9.17, 15) is 0 Å². The smallest absolute Gasteiger partial charge is 0.104 e. The van der Waals surface area contributed by atoms with E-state index in [4.69, 9.17) is 10.2 Å². The van der Waals surface area contributed by atoms with Crippen molar-refractivity contribution in [1.82, 2.24) is 0 Å². The van der Waals surface area contributed by atoms with Crippen molar-refractivity contribution in [3.05, 3.63) is 24.8 Å². The summed E-state index contributed by atoms with van der Waals surface area (Å²) in [6.07, 6.45) is -0.482. The van der Waals surface area contributed by atoms with E-state index in [1.54, 1.807) is 6.92 Å². The topological polar surface area (TPSA) is 40.5 Å². The van der Waals surface area contributed by atoms with E-state index in [0.29, 0.717) is 5.57 Å². The van der Waals surface area contributed by atoms with Gasteiger partial charge in [0.1, 0.15) is 12.2 Å². The highest BCUT2D eigenvalue weighted by atomic mass is 16.3. The molecule has 52 valence electrons. The Bertz CT molecular complexity index is 118. The van der Waals surface area contributed by atoms with Gasteiger partial charge in [-0.15, -0.1) is 6.58 Å². The molecule has 0 amide bonds. The number of aliphatic hydroxyl groups is 2. The van der Waals surface area contributed by atoms with Crippen LogP contribution in [0.2, 0.25) is 0 Å². The minimum atomic E-state index is -0.887. The Labute approximate surface area is 55.1 Å². The van der Waals surface area contributed by atoms with E-state index in [1.165, 1.54) is 6.08 Å². The molecule has 0 aromatic rings. The molecule has 0 radical (unpaired) electrons. The molecule has 2 heteroatoms. The SMILES string of the molecule is C=C[C@H](O)[C@@H](O)C(=C)C. The van der Waals surface area contributed by atoms with E-state index < -0.39 is 12.2 Å². The third-order valence-corrected chi connectivity index (χ3v) is 1.07. The summed E-state index contributed by atoms with van der Waals surface area (Å²) in [4.78, 5) is 0. The van der Waals surface area contributed by atoms with Crippen molar-refractivity contribution in [2.45, 2.75) is 19.1 Å². The van der Waals surface area contributed by atoms with Gasteiger partial charge in [-0.25, -0.2) is 0 Å². The van der Waals surface area contributed by atoms with Crippen molar-refractivity contribution in [2.24, 2.45) is 0 Å². The molecule has 9 heavy (non-hydrogen) atoms. The molecular weight excluding hydrogens is 116 g/mol. The summed E-state index contributed by atoms with van der Waals surface area (Å²) in [7, 11) is 0. The van der Waals surface area contributed by atoms with Gasteiger partial charge in [-0.1, -0.05) is 12.7 Å². The minimum absolute atomic E-state index is 0.544. The van der Waals surface area contributed by atoms with Crippen LogP contribution in [0.4, 0.5) is 0 Å². The molecule has 0 bridgehead atoms. The van der Waals surface area contributed by atoms with Gasteiger partial charge in [0.2, 0.25) is 0 Å². The third-order valence-electron chi connectivity index (χ3n) is 1.07. The Kier molecular flexibility index (Phi) is 3.20. The van der Waals surface area contributed by atoms with Crippen LogP contribution < -0.4 is 0 Å². The summed E-state index contributed by atoms with van der Waals surface area (Å²) >= 11 is 0. The number of hydrogen-bond donors (Lipinski definition) is 2. The lowest BCUT2D eigenvalue weighted by molar-refractivity contribution is 0.0738. The van der Waals surface area contributed by atoms with Gasteiger partial charge < -0.3 is 10.2 Å². The molecule has 0 saturated carbocycles. The van der Waals surface area contributed by atoms with Gasteiger partial charge in [-0.05, 0) is 12.5 Å². The zero-order valence-electron chi connectivity index (χ0n) is 5.54. The van der Waals surface area contributed by atoms with E-state index in [1.807, 2.05) is 0 Å². The molecular formula is C7H12O2. The average Bonchev–Trinajstić information content (AvgIpc) is 1.84. The number of hydrogen-bond acceptors (Lipinski definition) is 2. The molecule has 0 aliphatic heterocycles. The lowest BCUT2D eigenvalue weighted by Crippen LogP contribution is -2.23. The van der Waals surface area contributed by atoms with E-state index in [-0.39, 0.29) is 0 Å². The molecule has 0 aliphatic carbocycles. The maximum atomic E-state index is 8.97. The summed E-state index contributed by atoms with van der Waals surface area (Å²) in [5, 5.41) is 17.8. The van der Waals surface area contributed by atoms with Crippen molar-refractivity contribution in [3.8, 4) is 0 Å². The van der Waals surface area contributed by atoms with E-state index >= 15 is 0 Å². The van der Waals surface area contributed by atoms with Crippen LogP contribution in [-0.4, -0.2) is 22.4 Å². The van der Waals surface area contributed by atoms with Crippen LogP contribution in [0.3, 0.4) is 0 Å². The fourth-order valence-electron chi connectivity index (χ4n) is 0.420. The van der Waals surface area contributed by atoms with Crippen molar-refractivity contribution < 1.29 is 10.2 Å². The van der Waals surface area contributed by atoms with Crippen LogP contribution in [0.1, 0.15) is 6.92 Å². The molecule has 0 heterocycles.